The van der Waals surface area contributed by atoms with Crippen LogP contribution in [0.4, 0.5) is 0 Å². The highest BCUT2D eigenvalue weighted by Crippen LogP contribution is 2.21. The van der Waals surface area contributed by atoms with Gasteiger partial charge in [0.1, 0.15) is 5.76 Å². The molecule has 1 N–H and O–H groups in total. The van der Waals surface area contributed by atoms with Gasteiger partial charge >= 0.3 is 0 Å². The van der Waals surface area contributed by atoms with Crippen molar-refractivity contribution in [2.45, 2.75) is 32.1 Å². The Morgan fingerprint density at radius 2 is 2.29 bits per heavy atom. The topological polar surface area (TPSA) is 25.2 Å². The number of nitrogens with one attached hydrogen (secondary N) is 1. The maximum Gasteiger partial charge on any atom is 0.121 e. The molecule has 1 aromatic rings. The molecule has 0 amide bonds. The molecule has 0 saturated heterocycles. The first kappa shape index (κ1) is 11.7. The van der Waals surface area contributed by atoms with Crippen LogP contribution < -0.4 is 5.32 Å². The summed E-state index contributed by atoms with van der Waals surface area (Å²) in [7, 11) is 0. The Hall–Kier alpha value is -0.410. The van der Waals surface area contributed by atoms with Crippen LogP contribution in [0.15, 0.2) is 22.8 Å². The van der Waals surface area contributed by atoms with Gasteiger partial charge in [-0.15, -0.1) is 0 Å². The van der Waals surface area contributed by atoms with Gasteiger partial charge in [-0.05, 0) is 23.9 Å². The van der Waals surface area contributed by atoms with Crippen LogP contribution in [0, 0.1) is 0 Å². The normalized spacial score (nSPS) is 13.4. The molecule has 14 heavy (non-hydrogen) atoms. The van der Waals surface area contributed by atoms with E-state index in [2.05, 4.69) is 26.1 Å². The van der Waals surface area contributed by atoms with Crippen molar-refractivity contribution >= 4 is 11.8 Å². The van der Waals surface area contributed by atoms with Crippen LogP contribution in [-0.4, -0.2) is 17.5 Å². The molecule has 0 aromatic carbocycles. The van der Waals surface area contributed by atoms with Gasteiger partial charge in [-0.1, -0.05) is 20.8 Å². The average Bonchev–Trinajstić information content (AvgIpc) is 2.64. The van der Waals surface area contributed by atoms with E-state index in [0.29, 0.717) is 11.3 Å². The van der Waals surface area contributed by atoms with E-state index < -0.39 is 0 Å². The van der Waals surface area contributed by atoms with E-state index in [4.69, 9.17) is 4.42 Å². The van der Waals surface area contributed by atoms with Crippen LogP contribution in [0.1, 0.15) is 32.6 Å². The van der Waals surface area contributed by atoms with E-state index in [1.54, 1.807) is 6.26 Å². The van der Waals surface area contributed by atoms with E-state index in [-0.39, 0.29) is 0 Å². The molecule has 2 nitrogen and oxygen atoms in total. The second-order valence-corrected chi connectivity index (χ2v) is 5.12. The van der Waals surface area contributed by atoms with Crippen molar-refractivity contribution in [3.8, 4) is 0 Å². The second kappa shape index (κ2) is 6.14. The minimum absolute atomic E-state index is 0.349. The maximum absolute atomic E-state index is 5.40. The smallest absolute Gasteiger partial charge is 0.121 e. The zero-order valence-corrected chi connectivity index (χ0v) is 9.93. The van der Waals surface area contributed by atoms with E-state index in [1.807, 2.05) is 23.9 Å². The highest BCUT2D eigenvalue weighted by molar-refractivity contribution is 7.99. The molecule has 0 spiro atoms. The number of hydrogen-bond acceptors (Lipinski definition) is 3. The third kappa shape index (κ3) is 3.76. The molecule has 0 aliphatic rings. The highest BCUT2D eigenvalue weighted by Gasteiger charge is 2.13. The Balaban J connectivity index is 2.47. The van der Waals surface area contributed by atoms with Crippen molar-refractivity contribution in [1.82, 2.24) is 5.32 Å². The number of thioether (sulfide) groups is 1. The molecular weight excluding hydrogens is 194 g/mol. The standard InChI is InChI=1S/C11H19NOS/c1-4-12-10(8-14-9(2)3)11-6-5-7-13-11/h5-7,9-10,12H,4,8H2,1-3H3. The number of furan rings is 1. The largest absolute Gasteiger partial charge is 0.468 e. The Bertz CT molecular complexity index is 233. The molecule has 1 rings (SSSR count). The molecular formula is C11H19NOS. The van der Waals surface area contributed by atoms with Crippen LogP contribution >= 0.6 is 11.8 Å². The summed E-state index contributed by atoms with van der Waals surface area (Å²) in [6.07, 6.45) is 1.74. The molecule has 0 radical (unpaired) electrons. The van der Waals surface area contributed by atoms with Gasteiger partial charge in [0.2, 0.25) is 0 Å². The molecule has 0 aliphatic heterocycles. The van der Waals surface area contributed by atoms with Crippen molar-refractivity contribution in [2.75, 3.05) is 12.3 Å². The molecule has 80 valence electrons. The van der Waals surface area contributed by atoms with Crippen LogP contribution in [0.5, 0.6) is 0 Å². The molecule has 0 aliphatic carbocycles. The van der Waals surface area contributed by atoms with Crippen LogP contribution in [0.2, 0.25) is 0 Å². The summed E-state index contributed by atoms with van der Waals surface area (Å²) in [4.78, 5) is 0. The second-order valence-electron chi connectivity index (χ2n) is 3.51. The van der Waals surface area contributed by atoms with E-state index in [9.17, 15) is 0 Å². The fourth-order valence-electron chi connectivity index (χ4n) is 1.27. The van der Waals surface area contributed by atoms with Gasteiger partial charge in [0, 0.05) is 5.75 Å². The van der Waals surface area contributed by atoms with E-state index in [1.165, 1.54) is 0 Å². The SMILES string of the molecule is CCNC(CSC(C)C)c1ccco1. The predicted molar refractivity (Wildman–Crippen MR) is 62.7 cm³/mol. The van der Waals surface area contributed by atoms with E-state index in [0.717, 1.165) is 18.1 Å². The molecule has 1 unspecified atom stereocenters. The molecule has 0 bridgehead atoms. The van der Waals surface area contributed by atoms with Crippen molar-refractivity contribution in [2.24, 2.45) is 0 Å². The Labute approximate surface area is 90.5 Å². The lowest BCUT2D eigenvalue weighted by Crippen LogP contribution is -2.23. The Morgan fingerprint density at radius 3 is 2.79 bits per heavy atom. The maximum atomic E-state index is 5.40. The minimum Gasteiger partial charge on any atom is -0.468 e. The quantitative estimate of drug-likeness (QED) is 0.786. The van der Waals surface area contributed by atoms with Gasteiger partial charge in [-0.3, -0.25) is 0 Å². The van der Waals surface area contributed by atoms with Gasteiger partial charge in [-0.25, -0.2) is 0 Å². The molecule has 1 heterocycles. The van der Waals surface area contributed by atoms with Gasteiger partial charge < -0.3 is 9.73 Å². The monoisotopic (exact) mass is 213 g/mol. The molecule has 0 fully saturated rings. The first-order valence-electron chi connectivity index (χ1n) is 5.12. The zero-order valence-electron chi connectivity index (χ0n) is 9.12. The van der Waals surface area contributed by atoms with Gasteiger partial charge in [0.15, 0.2) is 0 Å². The van der Waals surface area contributed by atoms with Crippen LogP contribution in [0.25, 0.3) is 0 Å². The molecule has 3 heteroatoms. The lowest BCUT2D eigenvalue weighted by Gasteiger charge is -2.16. The van der Waals surface area contributed by atoms with Gasteiger partial charge in [0.25, 0.3) is 0 Å². The minimum atomic E-state index is 0.349. The number of rotatable bonds is 6. The van der Waals surface area contributed by atoms with Crippen molar-refractivity contribution in [1.29, 1.82) is 0 Å². The van der Waals surface area contributed by atoms with Crippen molar-refractivity contribution in [3.63, 3.8) is 0 Å². The van der Waals surface area contributed by atoms with Crippen molar-refractivity contribution in [3.05, 3.63) is 24.2 Å². The first-order chi connectivity index (χ1) is 6.74. The average molecular weight is 213 g/mol. The molecule has 1 aromatic heterocycles. The summed E-state index contributed by atoms with van der Waals surface area (Å²) < 4.78 is 5.40. The summed E-state index contributed by atoms with van der Waals surface area (Å²) >= 11 is 1.96. The summed E-state index contributed by atoms with van der Waals surface area (Å²) in [6.45, 7) is 7.53. The summed E-state index contributed by atoms with van der Waals surface area (Å²) in [5, 5.41) is 4.10. The lowest BCUT2D eigenvalue weighted by atomic mass is 10.2. The Morgan fingerprint density at radius 1 is 1.50 bits per heavy atom. The summed E-state index contributed by atoms with van der Waals surface area (Å²) in [5.41, 5.74) is 0. The van der Waals surface area contributed by atoms with Gasteiger partial charge in [-0.2, -0.15) is 11.8 Å². The number of hydrogen-bond donors (Lipinski definition) is 1. The van der Waals surface area contributed by atoms with Crippen LogP contribution in [-0.2, 0) is 0 Å². The predicted octanol–water partition coefficient (Wildman–Crippen LogP) is 3.07. The Kier molecular flexibility index (Phi) is 5.12. The highest BCUT2D eigenvalue weighted by atomic mass is 32.2. The third-order valence-corrected chi connectivity index (χ3v) is 3.13. The first-order valence-corrected chi connectivity index (χ1v) is 6.17. The third-order valence-electron chi connectivity index (χ3n) is 1.93. The van der Waals surface area contributed by atoms with Crippen molar-refractivity contribution < 1.29 is 4.42 Å². The van der Waals surface area contributed by atoms with Gasteiger partial charge in [0.05, 0.1) is 12.3 Å². The fourth-order valence-corrected chi connectivity index (χ4v) is 2.13. The summed E-state index contributed by atoms with van der Waals surface area (Å²) in [6, 6.07) is 4.33. The summed E-state index contributed by atoms with van der Waals surface area (Å²) in [5.74, 6) is 2.11. The van der Waals surface area contributed by atoms with Crippen LogP contribution in [0.3, 0.4) is 0 Å². The molecule has 0 saturated carbocycles. The fraction of sp³-hybridized carbons (Fsp3) is 0.636. The van der Waals surface area contributed by atoms with E-state index >= 15 is 0 Å². The zero-order chi connectivity index (χ0) is 10.4. The lowest BCUT2D eigenvalue weighted by molar-refractivity contribution is 0.441. The molecule has 1 atom stereocenters.